The summed E-state index contributed by atoms with van der Waals surface area (Å²) in [4.78, 5) is 13.4. The molecule has 2 N–H and O–H groups in total. The number of rotatable bonds is 3. The zero-order chi connectivity index (χ0) is 19.1. The minimum absolute atomic E-state index is 0.312. The van der Waals surface area contributed by atoms with Crippen molar-refractivity contribution < 1.29 is 0 Å². The van der Waals surface area contributed by atoms with Gasteiger partial charge in [-0.3, -0.25) is 4.90 Å². The molecular weight excluding hydrogens is 420 g/mol. The average molecular weight is 441 g/mol. The number of benzene rings is 1. The molecule has 0 amide bonds. The van der Waals surface area contributed by atoms with Crippen molar-refractivity contribution in [2.24, 2.45) is 0 Å². The third-order valence-corrected chi connectivity index (χ3v) is 6.13. The second-order valence-corrected chi connectivity index (χ2v) is 8.18. The Morgan fingerprint density at radius 3 is 2.86 bits per heavy atom. The molecule has 2 aromatic heterocycles. The molecule has 2 saturated heterocycles. The van der Waals surface area contributed by atoms with Gasteiger partial charge < -0.3 is 10.6 Å². The quantitative estimate of drug-likeness (QED) is 0.668. The number of hydrogen-bond donors (Lipinski definition) is 1. The lowest BCUT2D eigenvalue weighted by Crippen LogP contribution is -2.51. The molecule has 9 heteroatoms. The molecule has 2 fully saturated rings. The first kappa shape index (κ1) is 17.6. The molecule has 0 saturated carbocycles. The summed E-state index contributed by atoms with van der Waals surface area (Å²) in [6, 6.07) is 8.87. The van der Waals surface area contributed by atoms with Crippen LogP contribution in [0.4, 0.5) is 11.6 Å². The summed E-state index contributed by atoms with van der Waals surface area (Å²) in [5.74, 6) is 1.30. The SMILES string of the molecule is Nc1nccnc1N1CCN2[C@@H](CC[C@@H]2c2cn(-c3cccc(Br)c3)nn2)C1. The fourth-order valence-corrected chi connectivity index (χ4v) is 4.71. The minimum atomic E-state index is 0.312. The molecule has 0 unspecified atom stereocenters. The van der Waals surface area contributed by atoms with Gasteiger partial charge >= 0.3 is 0 Å². The van der Waals surface area contributed by atoms with Gasteiger partial charge in [0.1, 0.15) is 5.69 Å². The molecule has 2 aliphatic rings. The Hall–Kier alpha value is -2.52. The van der Waals surface area contributed by atoms with E-state index in [4.69, 9.17) is 5.73 Å². The van der Waals surface area contributed by atoms with Gasteiger partial charge in [0.25, 0.3) is 0 Å². The van der Waals surface area contributed by atoms with Gasteiger partial charge in [-0.05, 0) is 31.0 Å². The van der Waals surface area contributed by atoms with Crippen molar-refractivity contribution in [2.75, 3.05) is 30.3 Å². The van der Waals surface area contributed by atoms with E-state index in [0.29, 0.717) is 17.9 Å². The molecule has 4 heterocycles. The second-order valence-electron chi connectivity index (χ2n) is 7.26. The van der Waals surface area contributed by atoms with Gasteiger partial charge in [-0.25, -0.2) is 14.6 Å². The fraction of sp³-hybridized carbons (Fsp3) is 0.368. The van der Waals surface area contributed by atoms with Crippen LogP contribution in [0.2, 0.25) is 0 Å². The number of aromatic nitrogens is 5. The number of halogens is 1. The number of anilines is 2. The van der Waals surface area contributed by atoms with Crippen molar-refractivity contribution >= 4 is 27.6 Å². The van der Waals surface area contributed by atoms with E-state index in [1.54, 1.807) is 12.4 Å². The average Bonchev–Trinajstić information content (AvgIpc) is 3.35. The Bertz CT molecular complexity index is 989. The molecule has 1 aromatic carbocycles. The Balaban J connectivity index is 1.33. The zero-order valence-electron chi connectivity index (χ0n) is 15.3. The third-order valence-electron chi connectivity index (χ3n) is 5.63. The highest BCUT2D eigenvalue weighted by atomic mass is 79.9. The van der Waals surface area contributed by atoms with Crippen LogP contribution in [0.15, 0.2) is 47.3 Å². The molecular formula is C19H21BrN8. The van der Waals surface area contributed by atoms with Crippen LogP contribution < -0.4 is 10.6 Å². The van der Waals surface area contributed by atoms with E-state index in [-0.39, 0.29) is 0 Å². The smallest absolute Gasteiger partial charge is 0.171 e. The van der Waals surface area contributed by atoms with Crippen LogP contribution in [0, 0.1) is 0 Å². The number of nitrogens with zero attached hydrogens (tertiary/aromatic N) is 7. The minimum Gasteiger partial charge on any atom is -0.381 e. The Labute approximate surface area is 171 Å². The summed E-state index contributed by atoms with van der Waals surface area (Å²) in [6.07, 6.45) is 7.61. The highest BCUT2D eigenvalue weighted by molar-refractivity contribution is 9.10. The van der Waals surface area contributed by atoms with Crippen LogP contribution in [-0.2, 0) is 0 Å². The van der Waals surface area contributed by atoms with Gasteiger partial charge in [-0.15, -0.1) is 5.10 Å². The summed E-state index contributed by atoms with van der Waals surface area (Å²) in [5.41, 5.74) is 8.06. The van der Waals surface area contributed by atoms with Gasteiger partial charge in [0.05, 0.1) is 17.9 Å². The molecule has 2 atom stereocenters. The van der Waals surface area contributed by atoms with Crippen LogP contribution in [-0.4, -0.2) is 55.5 Å². The van der Waals surface area contributed by atoms with Gasteiger partial charge in [0.2, 0.25) is 0 Å². The molecule has 2 aliphatic heterocycles. The standard InChI is InChI=1S/C19H21BrN8/c20-13-2-1-3-14(10-13)28-12-16(24-25-28)17-5-4-15-11-26(8-9-27(15)17)19-18(21)22-6-7-23-19/h1-3,6-7,10,12,15,17H,4-5,8-9,11H2,(H2,21,22)/t15-,17+/m0/s1. The lowest BCUT2D eigenvalue weighted by atomic mass is 10.1. The Morgan fingerprint density at radius 1 is 1.11 bits per heavy atom. The molecule has 0 bridgehead atoms. The largest absolute Gasteiger partial charge is 0.381 e. The van der Waals surface area contributed by atoms with Gasteiger partial charge in [0.15, 0.2) is 11.6 Å². The van der Waals surface area contributed by atoms with E-state index < -0.39 is 0 Å². The number of nitrogen functional groups attached to an aromatic ring is 1. The summed E-state index contributed by atoms with van der Waals surface area (Å²) in [5, 5.41) is 8.84. The van der Waals surface area contributed by atoms with Crippen LogP contribution >= 0.6 is 15.9 Å². The summed E-state index contributed by atoms with van der Waals surface area (Å²) < 4.78 is 2.88. The molecule has 0 aliphatic carbocycles. The predicted octanol–water partition coefficient (Wildman–Crippen LogP) is 2.43. The van der Waals surface area contributed by atoms with Crippen molar-refractivity contribution in [1.29, 1.82) is 0 Å². The van der Waals surface area contributed by atoms with Crippen molar-refractivity contribution in [3.63, 3.8) is 0 Å². The van der Waals surface area contributed by atoms with Crippen LogP contribution in [0.1, 0.15) is 24.6 Å². The monoisotopic (exact) mass is 440 g/mol. The maximum atomic E-state index is 6.02. The lowest BCUT2D eigenvalue weighted by Gasteiger charge is -2.40. The van der Waals surface area contributed by atoms with E-state index in [1.807, 2.05) is 28.9 Å². The summed E-state index contributed by atoms with van der Waals surface area (Å²) >= 11 is 3.52. The first-order valence-electron chi connectivity index (χ1n) is 9.44. The van der Waals surface area contributed by atoms with Gasteiger partial charge in [0, 0.05) is 42.5 Å². The van der Waals surface area contributed by atoms with Crippen molar-refractivity contribution in [1.82, 2.24) is 29.9 Å². The van der Waals surface area contributed by atoms with Crippen molar-refractivity contribution in [2.45, 2.75) is 24.9 Å². The first-order valence-corrected chi connectivity index (χ1v) is 10.2. The van der Waals surface area contributed by atoms with E-state index in [2.05, 4.69) is 52.2 Å². The highest BCUT2D eigenvalue weighted by Gasteiger charge is 2.39. The number of piperazine rings is 1. The van der Waals surface area contributed by atoms with E-state index in [1.165, 1.54) is 0 Å². The summed E-state index contributed by atoms with van der Waals surface area (Å²) in [7, 11) is 0. The zero-order valence-corrected chi connectivity index (χ0v) is 16.9. The predicted molar refractivity (Wildman–Crippen MR) is 110 cm³/mol. The maximum absolute atomic E-state index is 6.02. The Morgan fingerprint density at radius 2 is 2.00 bits per heavy atom. The molecule has 5 rings (SSSR count). The molecule has 144 valence electrons. The molecule has 28 heavy (non-hydrogen) atoms. The molecule has 0 spiro atoms. The third kappa shape index (κ3) is 3.14. The van der Waals surface area contributed by atoms with Crippen molar-refractivity contribution in [3.8, 4) is 5.69 Å². The van der Waals surface area contributed by atoms with E-state index >= 15 is 0 Å². The Kier molecular flexibility index (Phi) is 4.48. The van der Waals surface area contributed by atoms with E-state index in [0.717, 1.165) is 54.1 Å². The molecule has 8 nitrogen and oxygen atoms in total. The van der Waals surface area contributed by atoms with Gasteiger partial charge in [-0.1, -0.05) is 27.2 Å². The highest BCUT2D eigenvalue weighted by Crippen LogP contribution is 2.38. The normalized spacial score (nSPS) is 22.4. The number of fused-ring (bicyclic) bond motifs is 1. The lowest BCUT2D eigenvalue weighted by molar-refractivity contribution is 0.173. The van der Waals surface area contributed by atoms with Gasteiger partial charge in [-0.2, -0.15) is 0 Å². The fourth-order valence-electron chi connectivity index (χ4n) is 4.32. The maximum Gasteiger partial charge on any atom is 0.171 e. The topological polar surface area (TPSA) is 89.0 Å². The van der Waals surface area contributed by atoms with E-state index in [9.17, 15) is 0 Å². The van der Waals surface area contributed by atoms with Crippen LogP contribution in [0.3, 0.4) is 0 Å². The number of hydrogen-bond acceptors (Lipinski definition) is 7. The number of nitrogens with two attached hydrogens (primary N) is 1. The second kappa shape index (κ2) is 7.14. The van der Waals surface area contributed by atoms with Crippen molar-refractivity contribution in [3.05, 3.63) is 53.0 Å². The summed E-state index contributed by atoms with van der Waals surface area (Å²) in [6.45, 7) is 2.75. The molecule has 3 aromatic rings. The first-order chi connectivity index (χ1) is 13.7. The van der Waals surface area contributed by atoms with Crippen LogP contribution in [0.25, 0.3) is 5.69 Å². The van der Waals surface area contributed by atoms with Crippen LogP contribution in [0.5, 0.6) is 0 Å². The molecule has 0 radical (unpaired) electrons.